The molecule has 1 N–H and O–H groups in total. The second-order valence-electron chi connectivity index (χ2n) is 4.37. The lowest BCUT2D eigenvalue weighted by atomic mass is 10.0. The predicted octanol–water partition coefficient (Wildman–Crippen LogP) is 1.54. The molecule has 19 heavy (non-hydrogen) atoms. The van der Waals surface area contributed by atoms with Gasteiger partial charge in [-0.05, 0) is 19.4 Å². The van der Waals surface area contributed by atoms with E-state index in [1.165, 1.54) is 0 Å². The van der Waals surface area contributed by atoms with Gasteiger partial charge in [0.05, 0.1) is 6.04 Å². The molecule has 0 unspecified atom stereocenters. The fraction of sp³-hybridized carbons (Fsp3) is 0.462. The summed E-state index contributed by atoms with van der Waals surface area (Å²) in [5.74, 6) is 0. The molecule has 6 nitrogen and oxygen atoms in total. The van der Waals surface area contributed by atoms with E-state index in [9.17, 15) is 14.9 Å². The summed E-state index contributed by atoms with van der Waals surface area (Å²) < 4.78 is 5.70. The minimum Gasteiger partial charge on any atom is -0.362 e. The van der Waals surface area contributed by atoms with E-state index in [-0.39, 0.29) is 12.6 Å². The number of nitrogens with zero attached hydrogens (tertiary/aromatic N) is 1. The quantitative estimate of drug-likeness (QED) is 0.439. The number of benzene rings is 1. The van der Waals surface area contributed by atoms with E-state index < -0.39 is 17.1 Å². The number of hydrogen-bond acceptors (Lipinski definition) is 4. The van der Waals surface area contributed by atoms with Crippen molar-refractivity contribution in [2.45, 2.75) is 32.1 Å². The van der Waals surface area contributed by atoms with Gasteiger partial charge in [0.1, 0.15) is 12.2 Å². The van der Waals surface area contributed by atoms with Crippen LogP contribution < -0.4 is 5.32 Å². The van der Waals surface area contributed by atoms with Crippen molar-refractivity contribution in [1.29, 1.82) is 0 Å². The third-order valence-corrected chi connectivity index (χ3v) is 2.70. The van der Waals surface area contributed by atoms with Crippen molar-refractivity contribution in [3.63, 3.8) is 0 Å². The van der Waals surface area contributed by atoms with Crippen LogP contribution >= 0.6 is 0 Å². The monoisotopic (exact) mass is 266 g/mol. The first-order valence-electron chi connectivity index (χ1n) is 6.06. The van der Waals surface area contributed by atoms with Gasteiger partial charge < -0.3 is 10.1 Å². The van der Waals surface area contributed by atoms with Crippen LogP contribution in [0.5, 0.6) is 0 Å². The molecule has 104 valence electrons. The van der Waals surface area contributed by atoms with Gasteiger partial charge in [0, 0.05) is 4.92 Å². The Labute approximate surface area is 111 Å². The Hall–Kier alpha value is -1.95. The fourth-order valence-electron chi connectivity index (χ4n) is 1.83. The van der Waals surface area contributed by atoms with E-state index in [1.54, 1.807) is 13.8 Å². The van der Waals surface area contributed by atoms with E-state index in [4.69, 9.17) is 4.74 Å². The van der Waals surface area contributed by atoms with Crippen molar-refractivity contribution in [2.75, 3.05) is 6.54 Å². The molecule has 0 radical (unpaired) electrons. The molecule has 0 aliphatic carbocycles. The number of nitrogens with one attached hydrogen (secondary N) is 1. The zero-order valence-corrected chi connectivity index (χ0v) is 11.0. The molecule has 1 aromatic carbocycles. The Morgan fingerprint density at radius 1 is 1.37 bits per heavy atom. The van der Waals surface area contributed by atoms with Crippen LogP contribution in [0.25, 0.3) is 0 Å². The molecule has 0 aliphatic heterocycles. The van der Waals surface area contributed by atoms with Crippen molar-refractivity contribution in [1.82, 2.24) is 5.32 Å². The van der Waals surface area contributed by atoms with Gasteiger partial charge in [-0.3, -0.25) is 14.9 Å². The van der Waals surface area contributed by atoms with Gasteiger partial charge in [-0.1, -0.05) is 30.3 Å². The van der Waals surface area contributed by atoms with Crippen molar-refractivity contribution in [2.24, 2.45) is 0 Å². The first kappa shape index (κ1) is 15.1. The molecular formula is C13H18N2O4. The Balaban J connectivity index is 2.81. The summed E-state index contributed by atoms with van der Waals surface area (Å²) in [5.41, 5.74) is 0.875. The van der Waals surface area contributed by atoms with E-state index in [0.717, 1.165) is 5.56 Å². The molecule has 1 rings (SSSR count). The Kier molecular flexibility index (Phi) is 5.95. The molecule has 3 atom stereocenters. The first-order chi connectivity index (χ1) is 9.04. The van der Waals surface area contributed by atoms with Crippen molar-refractivity contribution in [3.8, 4) is 0 Å². The highest BCUT2D eigenvalue weighted by molar-refractivity contribution is 5.47. The maximum Gasteiger partial charge on any atom is 0.229 e. The topological polar surface area (TPSA) is 81.5 Å². The highest BCUT2D eigenvalue weighted by Crippen LogP contribution is 2.22. The average molecular weight is 266 g/mol. The molecule has 6 heteroatoms. The van der Waals surface area contributed by atoms with Gasteiger partial charge in [0.15, 0.2) is 0 Å². The molecule has 0 spiro atoms. The van der Waals surface area contributed by atoms with Crippen LogP contribution in [0, 0.1) is 10.1 Å². The maximum absolute atomic E-state index is 10.5. The summed E-state index contributed by atoms with van der Waals surface area (Å²) in [6.07, 6.45) is -0.347. The summed E-state index contributed by atoms with van der Waals surface area (Å²) in [5, 5.41) is 13.1. The highest BCUT2D eigenvalue weighted by Gasteiger charge is 2.23. The molecule has 0 bridgehead atoms. The van der Waals surface area contributed by atoms with Gasteiger partial charge >= 0.3 is 0 Å². The number of rotatable bonds is 8. The lowest BCUT2D eigenvalue weighted by Gasteiger charge is -2.26. The summed E-state index contributed by atoms with van der Waals surface area (Å²) in [7, 11) is 0. The second kappa shape index (κ2) is 7.48. The lowest BCUT2D eigenvalue weighted by molar-refractivity contribution is -0.491. The summed E-state index contributed by atoms with van der Waals surface area (Å²) in [6.45, 7) is 3.18. The summed E-state index contributed by atoms with van der Waals surface area (Å²) >= 11 is 0. The zero-order chi connectivity index (χ0) is 14.3. The molecule has 0 saturated carbocycles. The third kappa shape index (κ3) is 5.05. The van der Waals surface area contributed by atoms with Crippen LogP contribution in [-0.2, 0) is 9.53 Å². The molecule has 0 aromatic heterocycles. The largest absolute Gasteiger partial charge is 0.362 e. The van der Waals surface area contributed by atoms with Crippen molar-refractivity contribution in [3.05, 3.63) is 46.0 Å². The van der Waals surface area contributed by atoms with Crippen LogP contribution in [0.1, 0.15) is 25.5 Å². The fourth-order valence-corrected chi connectivity index (χ4v) is 1.83. The van der Waals surface area contributed by atoms with E-state index >= 15 is 0 Å². The van der Waals surface area contributed by atoms with Gasteiger partial charge in [0.2, 0.25) is 13.0 Å². The van der Waals surface area contributed by atoms with E-state index in [0.29, 0.717) is 6.41 Å². The normalized spacial score (nSPS) is 15.3. The Bertz CT molecular complexity index is 410. The smallest absolute Gasteiger partial charge is 0.229 e. The van der Waals surface area contributed by atoms with Gasteiger partial charge in [0.25, 0.3) is 0 Å². The van der Waals surface area contributed by atoms with E-state index in [2.05, 4.69) is 5.32 Å². The SMILES string of the molecule is C[C@H](NC=O)[C@H](O[C@@H](C)C[N+](=O)[O-])c1ccccc1. The predicted molar refractivity (Wildman–Crippen MR) is 70.3 cm³/mol. The summed E-state index contributed by atoms with van der Waals surface area (Å²) in [6, 6.07) is 9.06. The number of carbonyl (C=O) groups is 1. The van der Waals surface area contributed by atoms with Gasteiger partial charge in [-0.25, -0.2) is 0 Å². The van der Waals surface area contributed by atoms with E-state index in [1.807, 2.05) is 30.3 Å². The molecule has 1 aromatic rings. The standard InChI is InChI=1S/C13H18N2O4/c1-10(8-15(17)18)19-13(11(2)14-9-16)12-6-4-3-5-7-12/h3-7,9-11,13H,8H2,1-2H3,(H,14,16)/t10-,11-,13-/m0/s1. The van der Waals surface area contributed by atoms with Crippen LogP contribution in [0.2, 0.25) is 0 Å². The number of carbonyl (C=O) groups excluding carboxylic acids is 1. The van der Waals surface area contributed by atoms with Crippen LogP contribution in [0.3, 0.4) is 0 Å². The van der Waals surface area contributed by atoms with Crippen LogP contribution in [-0.4, -0.2) is 30.0 Å². The first-order valence-corrected chi connectivity index (χ1v) is 6.06. The lowest BCUT2D eigenvalue weighted by Crippen LogP contribution is -2.35. The minimum absolute atomic E-state index is 0.267. The van der Waals surface area contributed by atoms with Crippen LogP contribution in [0.15, 0.2) is 30.3 Å². The molecule has 1 amide bonds. The molecule has 0 fully saturated rings. The molecule has 0 heterocycles. The third-order valence-electron chi connectivity index (χ3n) is 2.70. The number of hydrogen-bond donors (Lipinski definition) is 1. The second-order valence-corrected chi connectivity index (χ2v) is 4.37. The number of nitro groups is 1. The highest BCUT2D eigenvalue weighted by atomic mass is 16.6. The minimum atomic E-state index is -0.531. The number of amides is 1. The Morgan fingerprint density at radius 2 is 2.00 bits per heavy atom. The molecular weight excluding hydrogens is 248 g/mol. The van der Waals surface area contributed by atoms with Crippen LogP contribution in [0.4, 0.5) is 0 Å². The zero-order valence-electron chi connectivity index (χ0n) is 11.0. The molecule has 0 saturated heterocycles. The Morgan fingerprint density at radius 3 is 2.53 bits per heavy atom. The van der Waals surface area contributed by atoms with Gasteiger partial charge in [-0.2, -0.15) is 0 Å². The number of ether oxygens (including phenoxy) is 1. The maximum atomic E-state index is 10.5. The summed E-state index contributed by atoms with van der Waals surface area (Å²) in [4.78, 5) is 20.6. The van der Waals surface area contributed by atoms with Crippen molar-refractivity contribution >= 4 is 6.41 Å². The van der Waals surface area contributed by atoms with Gasteiger partial charge in [-0.15, -0.1) is 0 Å². The molecule has 0 aliphatic rings. The van der Waals surface area contributed by atoms with Crippen molar-refractivity contribution < 1.29 is 14.5 Å². The average Bonchev–Trinajstić information content (AvgIpc) is 2.36.